The molecule has 0 spiro atoms. The zero-order chi connectivity index (χ0) is 15.7. The van der Waals surface area contributed by atoms with Gasteiger partial charge >= 0.3 is 6.18 Å². The molecule has 2 nitrogen and oxygen atoms in total. The van der Waals surface area contributed by atoms with Crippen molar-refractivity contribution in [3.05, 3.63) is 64.7 Å². The van der Waals surface area contributed by atoms with Gasteiger partial charge in [-0.05, 0) is 35.9 Å². The lowest BCUT2D eigenvalue weighted by Crippen LogP contribution is -2.08. The number of alkyl halides is 3. The smallest absolute Gasteiger partial charge is 0.223 e. The van der Waals surface area contributed by atoms with Crippen molar-refractivity contribution in [3.63, 3.8) is 0 Å². The maximum atomic E-state index is 12.6. The largest absolute Gasteiger partial charge is 0.416 e. The average molecular weight is 335 g/mol. The van der Waals surface area contributed by atoms with Crippen molar-refractivity contribution in [1.29, 1.82) is 0 Å². The lowest BCUT2D eigenvalue weighted by molar-refractivity contribution is -0.137. The van der Waals surface area contributed by atoms with Gasteiger partial charge in [0.15, 0.2) is 9.84 Å². The van der Waals surface area contributed by atoms with E-state index in [-0.39, 0.29) is 10.5 Å². The minimum Gasteiger partial charge on any atom is -0.223 e. The maximum absolute atomic E-state index is 12.6. The summed E-state index contributed by atoms with van der Waals surface area (Å²) >= 11 is 5.67. The van der Waals surface area contributed by atoms with Crippen LogP contribution in [0.3, 0.4) is 0 Å². The molecular formula is C14H10ClF3O2S. The first-order valence-corrected chi connectivity index (χ1v) is 7.86. The third-order valence-electron chi connectivity index (χ3n) is 2.78. The molecule has 0 atom stereocenters. The number of rotatable bonds is 3. The van der Waals surface area contributed by atoms with Crippen molar-refractivity contribution in [2.24, 2.45) is 0 Å². The highest BCUT2D eigenvalue weighted by molar-refractivity contribution is 7.90. The predicted molar refractivity (Wildman–Crippen MR) is 73.8 cm³/mol. The third kappa shape index (κ3) is 3.98. The van der Waals surface area contributed by atoms with Gasteiger partial charge in [0.1, 0.15) is 0 Å². The lowest BCUT2D eigenvalue weighted by Gasteiger charge is -2.09. The molecule has 2 aromatic rings. The summed E-state index contributed by atoms with van der Waals surface area (Å²) < 4.78 is 62.1. The van der Waals surface area contributed by atoms with E-state index >= 15 is 0 Å². The van der Waals surface area contributed by atoms with Crippen molar-refractivity contribution in [1.82, 2.24) is 0 Å². The molecular weight excluding hydrogens is 325 g/mol. The van der Waals surface area contributed by atoms with E-state index in [1.165, 1.54) is 36.4 Å². The molecule has 2 aromatic carbocycles. The van der Waals surface area contributed by atoms with Crippen LogP contribution in [0.1, 0.15) is 11.1 Å². The second-order valence-electron chi connectivity index (χ2n) is 4.41. The van der Waals surface area contributed by atoms with E-state index in [9.17, 15) is 21.6 Å². The molecule has 0 radical (unpaired) electrons. The fourth-order valence-corrected chi connectivity index (χ4v) is 3.24. The normalized spacial score (nSPS) is 12.4. The van der Waals surface area contributed by atoms with Gasteiger partial charge in [0.2, 0.25) is 0 Å². The van der Waals surface area contributed by atoms with Crippen molar-refractivity contribution < 1.29 is 21.6 Å². The summed E-state index contributed by atoms with van der Waals surface area (Å²) in [5.41, 5.74) is -0.786. The second-order valence-corrected chi connectivity index (χ2v) is 6.84. The molecule has 21 heavy (non-hydrogen) atoms. The summed E-state index contributed by atoms with van der Waals surface area (Å²) in [7, 11) is -3.72. The number of hydrogen-bond donors (Lipinski definition) is 0. The molecule has 0 saturated heterocycles. The first-order valence-electron chi connectivity index (χ1n) is 5.83. The number of sulfone groups is 1. The maximum Gasteiger partial charge on any atom is 0.416 e. The van der Waals surface area contributed by atoms with Crippen LogP contribution >= 0.6 is 11.6 Å². The van der Waals surface area contributed by atoms with Crippen LogP contribution < -0.4 is 0 Å². The topological polar surface area (TPSA) is 34.1 Å². The fourth-order valence-electron chi connectivity index (χ4n) is 1.78. The van der Waals surface area contributed by atoms with Gasteiger partial charge in [-0.15, -0.1) is 0 Å². The fraction of sp³-hybridized carbons (Fsp3) is 0.143. The van der Waals surface area contributed by atoms with Gasteiger partial charge < -0.3 is 0 Å². The van der Waals surface area contributed by atoms with Gasteiger partial charge in [-0.2, -0.15) is 13.2 Å². The van der Waals surface area contributed by atoms with Crippen LogP contribution in [-0.4, -0.2) is 8.42 Å². The molecule has 0 fully saturated rings. The van der Waals surface area contributed by atoms with E-state index in [0.29, 0.717) is 5.02 Å². The Labute approximate surface area is 125 Å². The van der Waals surface area contributed by atoms with Crippen molar-refractivity contribution in [2.75, 3.05) is 0 Å². The summed E-state index contributed by atoms with van der Waals surface area (Å²) in [6.45, 7) is 0. The molecule has 0 aliphatic carbocycles. The second kappa shape index (κ2) is 5.69. The molecule has 0 saturated carbocycles. The summed E-state index contributed by atoms with van der Waals surface area (Å²) in [5.74, 6) is -0.501. The summed E-state index contributed by atoms with van der Waals surface area (Å²) in [6, 6.07) is 9.77. The molecule has 0 unspecified atom stereocenters. The molecule has 7 heteroatoms. The quantitative estimate of drug-likeness (QED) is 0.837. The van der Waals surface area contributed by atoms with Crippen LogP contribution in [0.25, 0.3) is 0 Å². The Balaban J connectivity index is 2.31. The molecule has 112 valence electrons. The molecule has 0 amide bonds. The monoisotopic (exact) mass is 334 g/mol. The van der Waals surface area contributed by atoms with Crippen LogP contribution in [0.5, 0.6) is 0 Å². The number of benzene rings is 2. The highest BCUT2D eigenvalue weighted by Gasteiger charge is 2.30. The Bertz CT molecular complexity index is 738. The van der Waals surface area contributed by atoms with E-state index in [1.54, 1.807) is 0 Å². The van der Waals surface area contributed by atoms with Gasteiger partial charge in [-0.1, -0.05) is 29.8 Å². The van der Waals surface area contributed by atoms with Gasteiger partial charge in [-0.25, -0.2) is 8.42 Å². The molecule has 0 aliphatic rings. The molecule has 0 heterocycles. The van der Waals surface area contributed by atoms with Crippen molar-refractivity contribution >= 4 is 21.4 Å². The van der Waals surface area contributed by atoms with Crippen LogP contribution in [0, 0.1) is 0 Å². The van der Waals surface area contributed by atoms with E-state index in [2.05, 4.69) is 0 Å². The first-order chi connectivity index (χ1) is 9.68. The van der Waals surface area contributed by atoms with Crippen molar-refractivity contribution in [3.8, 4) is 0 Å². The minimum absolute atomic E-state index is 0.0179. The Kier molecular flexibility index (Phi) is 4.30. The molecule has 2 rings (SSSR count). The molecule has 0 bridgehead atoms. The van der Waals surface area contributed by atoms with Gasteiger partial charge in [-0.3, -0.25) is 0 Å². The Morgan fingerprint density at radius 1 is 1.00 bits per heavy atom. The van der Waals surface area contributed by atoms with Crippen LogP contribution in [0.2, 0.25) is 5.02 Å². The molecule has 0 N–H and O–H groups in total. The van der Waals surface area contributed by atoms with E-state index in [4.69, 9.17) is 11.6 Å². The van der Waals surface area contributed by atoms with Gasteiger partial charge in [0.25, 0.3) is 0 Å². The summed E-state index contributed by atoms with van der Waals surface area (Å²) in [4.78, 5) is 0.0179. The SMILES string of the molecule is O=S(=O)(Cc1cccc(C(F)(F)F)c1)c1ccc(Cl)cc1. The highest BCUT2D eigenvalue weighted by atomic mass is 35.5. The summed E-state index contributed by atoms with van der Waals surface area (Å²) in [5, 5.41) is 0.382. The average Bonchev–Trinajstić information content (AvgIpc) is 2.38. The first kappa shape index (κ1) is 15.9. The Morgan fingerprint density at radius 3 is 2.19 bits per heavy atom. The van der Waals surface area contributed by atoms with E-state index in [0.717, 1.165) is 12.1 Å². The highest BCUT2D eigenvalue weighted by Crippen LogP contribution is 2.30. The Hall–Kier alpha value is -1.53. The summed E-state index contributed by atoms with van der Waals surface area (Å²) in [6.07, 6.45) is -4.50. The van der Waals surface area contributed by atoms with Crippen LogP contribution in [0.15, 0.2) is 53.4 Å². The lowest BCUT2D eigenvalue weighted by atomic mass is 10.1. The van der Waals surface area contributed by atoms with Crippen LogP contribution in [0.4, 0.5) is 13.2 Å². The zero-order valence-corrected chi connectivity index (χ0v) is 12.1. The van der Waals surface area contributed by atoms with Crippen molar-refractivity contribution in [2.45, 2.75) is 16.8 Å². The standard InChI is InChI=1S/C14H10ClF3O2S/c15-12-4-6-13(7-5-12)21(19,20)9-10-2-1-3-11(8-10)14(16,17)18/h1-8H,9H2. The number of halogens is 4. The Morgan fingerprint density at radius 2 is 1.62 bits per heavy atom. The predicted octanol–water partition coefficient (Wildman–Crippen LogP) is 4.33. The zero-order valence-electron chi connectivity index (χ0n) is 10.6. The molecule has 0 aromatic heterocycles. The minimum atomic E-state index is -4.50. The third-order valence-corrected chi connectivity index (χ3v) is 4.74. The molecule has 0 aliphatic heterocycles. The van der Waals surface area contributed by atoms with Crippen LogP contribution in [-0.2, 0) is 21.8 Å². The van der Waals surface area contributed by atoms with E-state index in [1.807, 2.05) is 0 Å². The number of hydrogen-bond acceptors (Lipinski definition) is 2. The van der Waals surface area contributed by atoms with E-state index < -0.39 is 27.3 Å². The van der Waals surface area contributed by atoms with Gasteiger partial charge in [0, 0.05) is 5.02 Å². The van der Waals surface area contributed by atoms with Gasteiger partial charge in [0.05, 0.1) is 16.2 Å².